The van der Waals surface area contributed by atoms with Crippen LogP contribution in [-0.4, -0.2) is 31.9 Å². The minimum absolute atomic E-state index is 0.147. The second-order valence-corrected chi connectivity index (χ2v) is 7.70. The smallest absolute Gasteiger partial charge is 0.257 e. The first-order chi connectivity index (χ1) is 13.8. The van der Waals surface area contributed by atoms with Gasteiger partial charge in [-0.15, -0.1) is 0 Å². The maximum absolute atomic E-state index is 14.3. The number of amides is 1. The highest BCUT2D eigenvalue weighted by Gasteiger charge is 2.29. The molecule has 1 aromatic carbocycles. The van der Waals surface area contributed by atoms with Gasteiger partial charge in [0.05, 0.1) is 28.5 Å². The third kappa shape index (κ3) is 4.44. The molecule has 0 N–H and O–H groups in total. The molecular formula is C22H26F2N4O. The molecule has 3 rings (SSSR count). The van der Waals surface area contributed by atoms with E-state index in [-0.39, 0.29) is 17.5 Å². The van der Waals surface area contributed by atoms with Crippen LogP contribution in [0.5, 0.6) is 0 Å². The maximum Gasteiger partial charge on any atom is 0.257 e. The molecular weight excluding hydrogens is 374 g/mol. The summed E-state index contributed by atoms with van der Waals surface area (Å²) in [6.07, 6.45) is 3.10. The van der Waals surface area contributed by atoms with Crippen molar-refractivity contribution < 1.29 is 13.6 Å². The highest BCUT2D eigenvalue weighted by molar-refractivity contribution is 5.94. The van der Waals surface area contributed by atoms with E-state index in [4.69, 9.17) is 0 Å². The molecule has 0 bridgehead atoms. The molecule has 0 aliphatic carbocycles. The second kappa shape index (κ2) is 8.68. The molecule has 3 aromatic rings. The Morgan fingerprint density at radius 1 is 1.21 bits per heavy atom. The van der Waals surface area contributed by atoms with Crippen LogP contribution in [0.1, 0.15) is 61.4 Å². The number of benzene rings is 1. The molecule has 1 amide bonds. The summed E-state index contributed by atoms with van der Waals surface area (Å²) in [6, 6.07) is 6.41. The first-order valence-electron chi connectivity index (χ1n) is 9.88. The largest absolute Gasteiger partial charge is 0.330 e. The Hall–Kier alpha value is -2.83. The Balaban J connectivity index is 2.06. The molecule has 0 aliphatic rings. The topological polar surface area (TPSA) is 50.5 Å². The fourth-order valence-electron chi connectivity index (χ4n) is 3.51. The summed E-state index contributed by atoms with van der Waals surface area (Å²) in [7, 11) is 0. The zero-order valence-electron chi connectivity index (χ0n) is 17.2. The van der Waals surface area contributed by atoms with E-state index in [0.717, 1.165) is 35.8 Å². The Bertz CT molecular complexity index is 1020. The van der Waals surface area contributed by atoms with E-state index in [9.17, 15) is 13.6 Å². The predicted molar refractivity (Wildman–Crippen MR) is 108 cm³/mol. The molecule has 29 heavy (non-hydrogen) atoms. The molecule has 0 fully saturated rings. The lowest BCUT2D eigenvalue weighted by atomic mass is 10.0. The summed E-state index contributed by atoms with van der Waals surface area (Å²) < 4.78 is 29.7. The average Bonchev–Trinajstić information content (AvgIpc) is 3.06. The van der Waals surface area contributed by atoms with Gasteiger partial charge in [-0.1, -0.05) is 27.2 Å². The predicted octanol–water partition coefficient (Wildman–Crippen LogP) is 4.96. The van der Waals surface area contributed by atoms with Gasteiger partial charge in [-0.25, -0.2) is 18.3 Å². The minimum Gasteiger partial charge on any atom is -0.330 e. The van der Waals surface area contributed by atoms with Crippen LogP contribution in [0, 0.1) is 24.5 Å². The highest BCUT2D eigenvalue weighted by atomic mass is 19.1. The molecule has 0 aliphatic heterocycles. The first-order valence-corrected chi connectivity index (χ1v) is 9.88. The number of fused-ring (bicyclic) bond motifs is 1. The molecule has 0 spiro atoms. The fraction of sp³-hybridized carbons (Fsp3) is 0.409. The molecule has 0 saturated heterocycles. The van der Waals surface area contributed by atoms with Crippen molar-refractivity contribution in [2.45, 2.75) is 46.6 Å². The third-order valence-corrected chi connectivity index (χ3v) is 4.87. The number of carbonyl (C=O) groups is 1. The summed E-state index contributed by atoms with van der Waals surface area (Å²) in [5, 5.41) is 4.65. The van der Waals surface area contributed by atoms with Crippen molar-refractivity contribution in [2.75, 3.05) is 6.54 Å². The second-order valence-electron chi connectivity index (χ2n) is 7.70. The Morgan fingerprint density at radius 3 is 2.66 bits per heavy atom. The standard InChI is InChI=1S/C22H26F2N4O/c1-5-6-21(19-9-10-20-15(4)25-13-28(20)26-19)27(12-14(2)3)22(29)17-11-16(23)7-8-18(17)24/h7-11,13-14,21H,5-6,12H2,1-4H3. The van der Waals surface area contributed by atoms with Crippen molar-refractivity contribution in [2.24, 2.45) is 5.92 Å². The Labute approximate surface area is 169 Å². The van der Waals surface area contributed by atoms with Gasteiger partial charge in [0.1, 0.15) is 18.0 Å². The summed E-state index contributed by atoms with van der Waals surface area (Å²) in [5.41, 5.74) is 2.20. The number of imidazole rings is 1. The third-order valence-electron chi connectivity index (χ3n) is 4.87. The van der Waals surface area contributed by atoms with Gasteiger partial charge in [0.15, 0.2) is 0 Å². The molecule has 7 heteroatoms. The number of hydrogen-bond donors (Lipinski definition) is 0. The van der Waals surface area contributed by atoms with Gasteiger partial charge in [-0.05, 0) is 49.6 Å². The van der Waals surface area contributed by atoms with Crippen molar-refractivity contribution >= 4 is 11.4 Å². The Morgan fingerprint density at radius 2 is 1.97 bits per heavy atom. The first kappa shape index (κ1) is 20.9. The lowest BCUT2D eigenvalue weighted by Gasteiger charge is -2.33. The van der Waals surface area contributed by atoms with Crippen LogP contribution in [0.2, 0.25) is 0 Å². The molecule has 154 valence electrons. The monoisotopic (exact) mass is 400 g/mol. The van der Waals surface area contributed by atoms with E-state index in [2.05, 4.69) is 10.1 Å². The van der Waals surface area contributed by atoms with Crippen molar-refractivity contribution in [1.29, 1.82) is 0 Å². The number of halogens is 2. The van der Waals surface area contributed by atoms with Gasteiger partial charge in [0.2, 0.25) is 0 Å². The van der Waals surface area contributed by atoms with E-state index < -0.39 is 17.5 Å². The van der Waals surface area contributed by atoms with E-state index >= 15 is 0 Å². The van der Waals surface area contributed by atoms with Gasteiger partial charge >= 0.3 is 0 Å². The summed E-state index contributed by atoms with van der Waals surface area (Å²) in [6.45, 7) is 8.31. The summed E-state index contributed by atoms with van der Waals surface area (Å²) >= 11 is 0. The van der Waals surface area contributed by atoms with Crippen LogP contribution < -0.4 is 0 Å². The van der Waals surface area contributed by atoms with Crippen LogP contribution >= 0.6 is 0 Å². The number of rotatable bonds is 7. The van der Waals surface area contributed by atoms with Crippen molar-refractivity contribution in [3.63, 3.8) is 0 Å². The number of aryl methyl sites for hydroxylation is 1. The van der Waals surface area contributed by atoms with Gasteiger partial charge in [0.25, 0.3) is 5.91 Å². The van der Waals surface area contributed by atoms with Gasteiger partial charge < -0.3 is 4.90 Å². The van der Waals surface area contributed by atoms with Crippen LogP contribution in [0.3, 0.4) is 0 Å². The maximum atomic E-state index is 14.3. The molecule has 2 heterocycles. The quantitative estimate of drug-likeness (QED) is 0.563. The molecule has 1 unspecified atom stereocenters. The van der Waals surface area contributed by atoms with Crippen molar-refractivity contribution in [1.82, 2.24) is 19.5 Å². The normalized spacial score (nSPS) is 12.5. The lowest BCUT2D eigenvalue weighted by molar-refractivity contribution is 0.0626. The number of nitrogens with zero attached hydrogens (tertiary/aromatic N) is 4. The molecule has 0 saturated carbocycles. The minimum atomic E-state index is -0.728. The van der Waals surface area contributed by atoms with Crippen LogP contribution in [-0.2, 0) is 0 Å². The molecule has 1 atom stereocenters. The van der Waals surface area contributed by atoms with Gasteiger partial charge in [0, 0.05) is 6.54 Å². The van der Waals surface area contributed by atoms with Gasteiger partial charge in [-0.2, -0.15) is 5.10 Å². The van der Waals surface area contributed by atoms with Gasteiger partial charge in [-0.3, -0.25) is 4.79 Å². The highest BCUT2D eigenvalue weighted by Crippen LogP contribution is 2.28. The lowest BCUT2D eigenvalue weighted by Crippen LogP contribution is -2.38. The SMILES string of the molecule is CCCC(c1ccc2c(C)ncn2n1)N(CC(C)C)C(=O)c1cc(F)ccc1F. The number of aromatic nitrogens is 3. The van der Waals surface area contributed by atoms with Crippen molar-refractivity contribution in [3.8, 4) is 0 Å². The summed E-state index contributed by atoms with van der Waals surface area (Å²) in [4.78, 5) is 19.2. The molecule has 2 aromatic heterocycles. The zero-order chi connectivity index (χ0) is 21.1. The van der Waals surface area contributed by atoms with Crippen molar-refractivity contribution in [3.05, 3.63) is 65.2 Å². The molecule has 0 radical (unpaired) electrons. The van der Waals surface area contributed by atoms with E-state index in [1.165, 1.54) is 0 Å². The van der Waals surface area contributed by atoms with Crippen LogP contribution in [0.15, 0.2) is 36.7 Å². The van der Waals surface area contributed by atoms with E-state index in [0.29, 0.717) is 18.7 Å². The average molecular weight is 400 g/mol. The number of hydrogen-bond acceptors (Lipinski definition) is 3. The number of carbonyl (C=O) groups excluding carboxylic acids is 1. The zero-order valence-corrected chi connectivity index (χ0v) is 17.2. The van der Waals surface area contributed by atoms with E-state index in [1.54, 1.807) is 15.7 Å². The fourth-order valence-corrected chi connectivity index (χ4v) is 3.51. The van der Waals surface area contributed by atoms with Crippen LogP contribution in [0.4, 0.5) is 8.78 Å². The summed E-state index contributed by atoms with van der Waals surface area (Å²) in [5.74, 6) is -1.75. The van der Waals surface area contributed by atoms with E-state index in [1.807, 2.05) is 39.8 Å². The van der Waals surface area contributed by atoms with Crippen LogP contribution in [0.25, 0.3) is 5.52 Å². The Kier molecular flexibility index (Phi) is 6.25. The molecule has 5 nitrogen and oxygen atoms in total.